The molecule has 2 rings (SSSR count). The van der Waals surface area contributed by atoms with Gasteiger partial charge in [-0.3, -0.25) is 10.1 Å². The second-order valence-electron chi connectivity index (χ2n) is 6.04. The van der Waals surface area contributed by atoms with Crippen LogP contribution in [0.4, 0.5) is 0 Å². The Morgan fingerprint density at radius 3 is 2.86 bits per heavy atom. The Kier molecular flexibility index (Phi) is 6.21. The summed E-state index contributed by atoms with van der Waals surface area (Å²) < 4.78 is 5.09. The van der Waals surface area contributed by atoms with Gasteiger partial charge < -0.3 is 9.64 Å². The monoisotopic (exact) mass is 310 g/mol. The van der Waals surface area contributed by atoms with Gasteiger partial charge in [-0.25, -0.2) is 0 Å². The van der Waals surface area contributed by atoms with Crippen molar-refractivity contribution in [3.8, 4) is 0 Å². The molecule has 0 aliphatic carbocycles. The number of methoxy groups -OCH3 is 1. The molecule has 118 valence electrons. The van der Waals surface area contributed by atoms with Gasteiger partial charge in [-0.1, -0.05) is 13.8 Å². The molecular formula is C16H26N2O2S. The summed E-state index contributed by atoms with van der Waals surface area (Å²) in [5, 5.41) is 7.72. The molecule has 1 N–H and O–H groups in total. The number of nitrogens with zero attached hydrogens (tertiary/aromatic N) is 1. The van der Waals surface area contributed by atoms with Crippen molar-refractivity contribution in [3.05, 3.63) is 22.4 Å². The van der Waals surface area contributed by atoms with E-state index >= 15 is 0 Å². The van der Waals surface area contributed by atoms with Crippen molar-refractivity contribution in [2.24, 2.45) is 5.92 Å². The van der Waals surface area contributed by atoms with Gasteiger partial charge in [0.15, 0.2) is 0 Å². The van der Waals surface area contributed by atoms with Crippen LogP contribution in [0.3, 0.4) is 0 Å². The van der Waals surface area contributed by atoms with Crippen LogP contribution in [0.1, 0.15) is 44.8 Å². The Morgan fingerprint density at radius 1 is 1.43 bits per heavy atom. The van der Waals surface area contributed by atoms with E-state index in [4.69, 9.17) is 4.74 Å². The van der Waals surface area contributed by atoms with E-state index in [-0.39, 0.29) is 18.1 Å². The molecular weight excluding hydrogens is 284 g/mol. The van der Waals surface area contributed by atoms with Crippen LogP contribution in [0.2, 0.25) is 0 Å². The Morgan fingerprint density at radius 2 is 2.24 bits per heavy atom. The van der Waals surface area contributed by atoms with Gasteiger partial charge >= 0.3 is 0 Å². The number of carbonyl (C=O) groups excluding carboxylic acids is 1. The Balaban J connectivity index is 2.03. The van der Waals surface area contributed by atoms with E-state index < -0.39 is 0 Å². The van der Waals surface area contributed by atoms with Gasteiger partial charge in [0.2, 0.25) is 5.91 Å². The first kappa shape index (κ1) is 16.5. The number of ether oxygens (including phenoxy) is 1. The molecule has 2 atom stereocenters. The van der Waals surface area contributed by atoms with E-state index in [1.165, 1.54) is 5.56 Å². The minimum Gasteiger partial charge on any atom is -0.385 e. The molecule has 1 fully saturated rings. The smallest absolute Gasteiger partial charge is 0.241 e. The average Bonchev–Trinajstić information content (AvgIpc) is 3.05. The van der Waals surface area contributed by atoms with E-state index in [0.29, 0.717) is 5.92 Å². The number of nitrogens with one attached hydrogen (secondary N) is 1. The molecule has 2 unspecified atom stereocenters. The molecule has 1 aliphatic rings. The van der Waals surface area contributed by atoms with E-state index in [0.717, 1.165) is 32.4 Å². The summed E-state index contributed by atoms with van der Waals surface area (Å²) in [5.41, 5.74) is 1.20. The molecule has 5 heteroatoms. The minimum atomic E-state index is -0.0441. The predicted molar refractivity (Wildman–Crippen MR) is 86.3 cm³/mol. The molecule has 1 amide bonds. The van der Waals surface area contributed by atoms with Crippen molar-refractivity contribution < 1.29 is 9.53 Å². The van der Waals surface area contributed by atoms with Gasteiger partial charge in [0, 0.05) is 20.3 Å². The lowest BCUT2D eigenvalue weighted by Gasteiger charge is -2.23. The molecule has 0 bridgehead atoms. The lowest BCUT2D eigenvalue weighted by molar-refractivity contribution is -0.130. The van der Waals surface area contributed by atoms with Crippen LogP contribution in [0, 0.1) is 5.92 Å². The van der Waals surface area contributed by atoms with Crippen molar-refractivity contribution in [3.63, 3.8) is 0 Å². The molecule has 4 nitrogen and oxygen atoms in total. The maximum atomic E-state index is 12.6. The fraction of sp³-hybridized carbons (Fsp3) is 0.688. The fourth-order valence-corrected chi connectivity index (χ4v) is 3.47. The number of hydrogen-bond donors (Lipinski definition) is 1. The van der Waals surface area contributed by atoms with Crippen LogP contribution in [-0.2, 0) is 9.53 Å². The quantitative estimate of drug-likeness (QED) is 0.751. The van der Waals surface area contributed by atoms with Gasteiger partial charge in [-0.2, -0.15) is 11.3 Å². The molecule has 1 aliphatic heterocycles. The van der Waals surface area contributed by atoms with Crippen molar-refractivity contribution in [1.29, 1.82) is 0 Å². The summed E-state index contributed by atoms with van der Waals surface area (Å²) in [6.45, 7) is 5.88. The van der Waals surface area contributed by atoms with E-state index in [1.807, 2.05) is 4.90 Å². The number of carbonyl (C=O) groups is 1. The topological polar surface area (TPSA) is 41.6 Å². The Bertz CT molecular complexity index is 433. The summed E-state index contributed by atoms with van der Waals surface area (Å²) in [6.07, 6.45) is 2.91. The minimum absolute atomic E-state index is 0.0371. The zero-order valence-corrected chi connectivity index (χ0v) is 14.0. The van der Waals surface area contributed by atoms with Crippen LogP contribution in [-0.4, -0.2) is 37.1 Å². The third kappa shape index (κ3) is 4.28. The average molecular weight is 310 g/mol. The highest BCUT2D eigenvalue weighted by Gasteiger charge is 2.39. The summed E-state index contributed by atoms with van der Waals surface area (Å²) in [4.78, 5) is 14.7. The maximum absolute atomic E-state index is 12.6. The van der Waals surface area contributed by atoms with Gasteiger partial charge in [-0.15, -0.1) is 0 Å². The second-order valence-corrected chi connectivity index (χ2v) is 6.82. The molecule has 2 heterocycles. The summed E-state index contributed by atoms with van der Waals surface area (Å²) in [6, 6.07) is 2.06. The van der Waals surface area contributed by atoms with Crippen LogP contribution in [0.5, 0.6) is 0 Å². The van der Waals surface area contributed by atoms with Crippen molar-refractivity contribution in [1.82, 2.24) is 10.2 Å². The van der Waals surface area contributed by atoms with E-state index in [1.54, 1.807) is 18.4 Å². The van der Waals surface area contributed by atoms with Crippen LogP contribution < -0.4 is 5.32 Å². The SMILES string of the molecule is COCCCCN1C(=O)C(CC(C)C)NC1c1ccsc1. The number of rotatable bonds is 8. The molecule has 0 spiro atoms. The second kappa shape index (κ2) is 7.92. The molecule has 1 aromatic heterocycles. The van der Waals surface area contributed by atoms with Crippen LogP contribution >= 0.6 is 11.3 Å². The predicted octanol–water partition coefficient (Wildman–Crippen LogP) is 3.02. The highest BCUT2D eigenvalue weighted by atomic mass is 32.1. The largest absolute Gasteiger partial charge is 0.385 e. The van der Waals surface area contributed by atoms with Crippen molar-refractivity contribution in [2.75, 3.05) is 20.3 Å². The lowest BCUT2D eigenvalue weighted by atomic mass is 10.0. The highest BCUT2D eigenvalue weighted by Crippen LogP contribution is 2.29. The van der Waals surface area contributed by atoms with Crippen LogP contribution in [0.25, 0.3) is 0 Å². The maximum Gasteiger partial charge on any atom is 0.241 e. The van der Waals surface area contributed by atoms with Crippen molar-refractivity contribution in [2.45, 2.75) is 45.3 Å². The first-order valence-electron chi connectivity index (χ1n) is 7.71. The molecule has 1 aromatic rings. The first-order valence-corrected chi connectivity index (χ1v) is 8.65. The molecule has 21 heavy (non-hydrogen) atoms. The molecule has 0 aromatic carbocycles. The van der Waals surface area contributed by atoms with E-state index in [9.17, 15) is 4.79 Å². The zero-order valence-electron chi connectivity index (χ0n) is 13.2. The summed E-state index contributed by atoms with van der Waals surface area (Å²) in [5.74, 6) is 0.764. The zero-order chi connectivity index (χ0) is 15.2. The van der Waals surface area contributed by atoms with Crippen LogP contribution in [0.15, 0.2) is 16.8 Å². The molecule has 0 saturated carbocycles. The number of unbranched alkanes of at least 4 members (excludes halogenated alkanes) is 1. The Labute approximate surface area is 131 Å². The lowest BCUT2D eigenvalue weighted by Crippen LogP contribution is -2.32. The number of hydrogen-bond acceptors (Lipinski definition) is 4. The number of amides is 1. The van der Waals surface area contributed by atoms with E-state index in [2.05, 4.69) is 36.0 Å². The fourth-order valence-electron chi connectivity index (χ4n) is 2.79. The first-order chi connectivity index (χ1) is 10.1. The van der Waals surface area contributed by atoms with Gasteiger partial charge in [0.05, 0.1) is 6.04 Å². The van der Waals surface area contributed by atoms with Gasteiger partial charge in [0.25, 0.3) is 0 Å². The standard InChI is InChI=1S/C16H26N2O2S/c1-12(2)10-14-16(19)18(7-4-5-8-20-3)15(17-14)13-6-9-21-11-13/h6,9,11-12,14-15,17H,4-5,7-8,10H2,1-3H3. The third-order valence-corrected chi connectivity index (χ3v) is 4.52. The van der Waals surface area contributed by atoms with Crippen molar-refractivity contribution >= 4 is 17.2 Å². The number of thiophene rings is 1. The summed E-state index contributed by atoms with van der Waals surface area (Å²) in [7, 11) is 1.72. The summed E-state index contributed by atoms with van der Waals surface area (Å²) >= 11 is 1.68. The Hall–Kier alpha value is -0.910. The molecule has 0 radical (unpaired) electrons. The van der Waals surface area contributed by atoms with Gasteiger partial charge in [0.1, 0.15) is 6.17 Å². The normalized spacial score (nSPS) is 22.5. The molecule has 1 saturated heterocycles. The highest BCUT2D eigenvalue weighted by molar-refractivity contribution is 7.07. The van der Waals surface area contributed by atoms with Gasteiger partial charge in [-0.05, 0) is 47.6 Å². The third-order valence-electron chi connectivity index (χ3n) is 3.82.